The molecule has 0 spiro atoms. The van der Waals surface area contributed by atoms with E-state index in [2.05, 4.69) is 11.8 Å². The van der Waals surface area contributed by atoms with E-state index < -0.39 is 0 Å². The Morgan fingerprint density at radius 3 is 2.92 bits per heavy atom. The lowest BCUT2D eigenvalue weighted by Crippen LogP contribution is -2.52. The summed E-state index contributed by atoms with van der Waals surface area (Å²) in [5, 5.41) is 9.64. The number of carbonyl (C=O) groups is 1. The Morgan fingerprint density at radius 1 is 1.33 bits per heavy atom. The summed E-state index contributed by atoms with van der Waals surface area (Å²) in [5.41, 5.74) is 2.19. The lowest BCUT2D eigenvalue weighted by molar-refractivity contribution is -0.121. The van der Waals surface area contributed by atoms with Crippen LogP contribution in [0.5, 0.6) is 5.75 Å². The predicted octanol–water partition coefficient (Wildman–Crippen LogP) is 2.21. The van der Waals surface area contributed by atoms with Gasteiger partial charge in [-0.1, -0.05) is 6.42 Å². The van der Waals surface area contributed by atoms with Crippen molar-refractivity contribution in [2.75, 3.05) is 31.7 Å². The molecule has 1 saturated heterocycles. The molecule has 0 saturated carbocycles. The quantitative estimate of drug-likeness (QED) is 0.918. The van der Waals surface area contributed by atoms with Crippen LogP contribution in [0.1, 0.15) is 38.2 Å². The van der Waals surface area contributed by atoms with Crippen LogP contribution in [0.4, 0.5) is 5.69 Å². The number of benzene rings is 1. The van der Waals surface area contributed by atoms with Crippen LogP contribution >= 0.6 is 0 Å². The van der Waals surface area contributed by atoms with E-state index in [1.807, 2.05) is 23.1 Å². The predicted molar refractivity (Wildman–Crippen MR) is 94.6 cm³/mol. The van der Waals surface area contributed by atoms with Crippen LogP contribution < -0.4 is 9.64 Å². The number of anilines is 1. The van der Waals surface area contributed by atoms with Crippen LogP contribution in [0.15, 0.2) is 18.2 Å². The maximum absolute atomic E-state index is 13.0. The zero-order valence-electron chi connectivity index (χ0n) is 14.7. The van der Waals surface area contributed by atoms with Crippen molar-refractivity contribution in [3.8, 4) is 5.75 Å². The molecule has 2 aliphatic heterocycles. The third kappa shape index (κ3) is 3.42. The molecule has 1 fully saturated rings. The largest absolute Gasteiger partial charge is 0.497 e. The first-order chi connectivity index (χ1) is 11.6. The molecule has 0 aliphatic carbocycles. The van der Waals surface area contributed by atoms with Gasteiger partial charge in [-0.2, -0.15) is 0 Å². The molecule has 1 aromatic carbocycles. The molecule has 0 aromatic heterocycles. The number of nitrogens with zero attached hydrogens (tertiary/aromatic N) is 2. The zero-order chi connectivity index (χ0) is 17.1. The summed E-state index contributed by atoms with van der Waals surface area (Å²) < 4.78 is 5.30. The van der Waals surface area contributed by atoms with Crippen molar-refractivity contribution >= 4 is 11.6 Å². The van der Waals surface area contributed by atoms with E-state index in [-0.39, 0.29) is 18.6 Å². The van der Waals surface area contributed by atoms with Crippen molar-refractivity contribution in [3.63, 3.8) is 0 Å². The highest BCUT2D eigenvalue weighted by Crippen LogP contribution is 2.31. The maximum Gasteiger partial charge on any atom is 0.241 e. The van der Waals surface area contributed by atoms with E-state index in [1.54, 1.807) is 7.11 Å². The smallest absolute Gasteiger partial charge is 0.241 e. The summed E-state index contributed by atoms with van der Waals surface area (Å²) in [6, 6.07) is 6.41. The molecule has 2 unspecified atom stereocenters. The molecular formula is C19H28N2O3. The first kappa shape index (κ1) is 17.2. The third-order valence-electron chi connectivity index (χ3n) is 5.43. The number of rotatable bonds is 4. The molecule has 2 atom stereocenters. The highest BCUT2D eigenvalue weighted by molar-refractivity contribution is 5.96. The summed E-state index contributed by atoms with van der Waals surface area (Å²) in [7, 11) is 1.67. The van der Waals surface area contributed by atoms with E-state index in [0.29, 0.717) is 12.6 Å². The molecule has 5 nitrogen and oxygen atoms in total. The van der Waals surface area contributed by atoms with Crippen LogP contribution in [0.3, 0.4) is 0 Å². The number of amides is 1. The lowest BCUT2D eigenvalue weighted by atomic mass is 9.96. The second kappa shape index (κ2) is 7.53. The molecule has 3 rings (SSSR count). The van der Waals surface area contributed by atoms with Gasteiger partial charge in [-0.25, -0.2) is 0 Å². The number of hydrogen-bond acceptors (Lipinski definition) is 4. The van der Waals surface area contributed by atoms with Gasteiger partial charge in [0.15, 0.2) is 0 Å². The Labute approximate surface area is 144 Å². The molecule has 24 heavy (non-hydrogen) atoms. The molecule has 132 valence electrons. The Kier molecular flexibility index (Phi) is 5.41. The third-order valence-corrected chi connectivity index (χ3v) is 5.43. The standard InChI is InChI=1S/C19H28N2O3/c1-14-5-3-7-16(13-22)21(14)12-19(23)20-10-4-6-15-11-17(24-2)8-9-18(15)20/h8-9,11,14,16,22H,3-7,10,12-13H2,1-2H3. The van der Waals surface area contributed by atoms with Gasteiger partial charge in [0, 0.05) is 24.3 Å². The van der Waals surface area contributed by atoms with Gasteiger partial charge in [0.2, 0.25) is 5.91 Å². The van der Waals surface area contributed by atoms with Gasteiger partial charge in [-0.15, -0.1) is 0 Å². The average Bonchev–Trinajstić information content (AvgIpc) is 2.62. The lowest BCUT2D eigenvalue weighted by Gasteiger charge is -2.41. The summed E-state index contributed by atoms with van der Waals surface area (Å²) in [6.45, 7) is 3.44. The molecule has 5 heteroatoms. The minimum atomic E-state index is 0.109. The van der Waals surface area contributed by atoms with Gasteiger partial charge in [0.1, 0.15) is 5.75 Å². The fourth-order valence-corrected chi connectivity index (χ4v) is 4.02. The molecule has 0 bridgehead atoms. The van der Waals surface area contributed by atoms with Crippen molar-refractivity contribution in [2.45, 2.75) is 51.1 Å². The van der Waals surface area contributed by atoms with Gasteiger partial charge >= 0.3 is 0 Å². The Morgan fingerprint density at radius 2 is 2.17 bits per heavy atom. The van der Waals surface area contributed by atoms with E-state index in [1.165, 1.54) is 5.56 Å². The number of aliphatic hydroxyl groups excluding tert-OH is 1. The number of hydrogen-bond donors (Lipinski definition) is 1. The van der Waals surface area contributed by atoms with Crippen LogP contribution in [0.2, 0.25) is 0 Å². The summed E-state index contributed by atoms with van der Waals surface area (Å²) >= 11 is 0. The topological polar surface area (TPSA) is 53.0 Å². The minimum Gasteiger partial charge on any atom is -0.497 e. The van der Waals surface area contributed by atoms with E-state index >= 15 is 0 Å². The second-order valence-corrected chi connectivity index (χ2v) is 6.93. The zero-order valence-corrected chi connectivity index (χ0v) is 14.7. The van der Waals surface area contributed by atoms with Crippen LogP contribution in [-0.2, 0) is 11.2 Å². The van der Waals surface area contributed by atoms with Crippen LogP contribution in [0, 0.1) is 0 Å². The van der Waals surface area contributed by atoms with E-state index in [9.17, 15) is 9.90 Å². The van der Waals surface area contributed by atoms with Crippen LogP contribution in [0.25, 0.3) is 0 Å². The van der Waals surface area contributed by atoms with Gasteiger partial charge in [-0.05, 0) is 56.4 Å². The molecule has 1 amide bonds. The van der Waals surface area contributed by atoms with Crippen molar-refractivity contribution in [1.29, 1.82) is 0 Å². The summed E-state index contributed by atoms with van der Waals surface area (Å²) in [6.07, 6.45) is 5.16. The average molecular weight is 332 g/mol. The monoisotopic (exact) mass is 332 g/mol. The summed E-state index contributed by atoms with van der Waals surface area (Å²) in [4.78, 5) is 17.1. The number of likely N-dealkylation sites (tertiary alicyclic amines) is 1. The number of carbonyl (C=O) groups excluding carboxylic acids is 1. The Bertz CT molecular complexity index is 590. The van der Waals surface area contributed by atoms with E-state index in [4.69, 9.17) is 4.74 Å². The SMILES string of the molecule is COc1ccc2c(c1)CCCN2C(=O)CN1C(C)CCCC1CO. The first-order valence-electron chi connectivity index (χ1n) is 8.98. The van der Waals surface area contributed by atoms with Crippen molar-refractivity contribution in [3.05, 3.63) is 23.8 Å². The minimum absolute atomic E-state index is 0.109. The van der Waals surface area contributed by atoms with Gasteiger partial charge in [0.05, 0.1) is 20.3 Å². The van der Waals surface area contributed by atoms with Gasteiger partial charge < -0.3 is 14.7 Å². The van der Waals surface area contributed by atoms with Crippen molar-refractivity contribution in [1.82, 2.24) is 4.90 Å². The fourth-order valence-electron chi connectivity index (χ4n) is 4.02. The number of aryl methyl sites for hydroxylation is 1. The maximum atomic E-state index is 13.0. The Hall–Kier alpha value is -1.59. The number of aliphatic hydroxyl groups is 1. The number of piperidine rings is 1. The normalized spacial score (nSPS) is 24.5. The van der Waals surface area contributed by atoms with Crippen LogP contribution in [-0.4, -0.2) is 54.8 Å². The molecule has 2 aliphatic rings. The van der Waals surface area contributed by atoms with Gasteiger partial charge in [0.25, 0.3) is 0 Å². The fraction of sp³-hybridized carbons (Fsp3) is 0.632. The molecule has 0 radical (unpaired) electrons. The summed E-state index contributed by atoms with van der Waals surface area (Å²) in [5.74, 6) is 0.973. The second-order valence-electron chi connectivity index (χ2n) is 6.93. The highest BCUT2D eigenvalue weighted by atomic mass is 16.5. The van der Waals surface area contributed by atoms with Crippen molar-refractivity contribution in [2.24, 2.45) is 0 Å². The van der Waals surface area contributed by atoms with Gasteiger partial charge in [-0.3, -0.25) is 9.69 Å². The highest BCUT2D eigenvalue weighted by Gasteiger charge is 2.31. The molecular weight excluding hydrogens is 304 g/mol. The Balaban J connectivity index is 1.76. The number of ether oxygens (including phenoxy) is 1. The first-order valence-corrected chi connectivity index (χ1v) is 8.98. The molecule has 1 N–H and O–H groups in total. The van der Waals surface area contributed by atoms with Crippen molar-refractivity contribution < 1.29 is 14.6 Å². The number of methoxy groups -OCH3 is 1. The van der Waals surface area contributed by atoms with E-state index in [0.717, 1.165) is 50.1 Å². The molecule has 1 aromatic rings. The molecule has 2 heterocycles. The number of fused-ring (bicyclic) bond motifs is 1.